The molecule has 0 aromatic heterocycles. The number of amides is 1. The minimum Gasteiger partial charge on any atom is -0.494 e. The van der Waals surface area contributed by atoms with Crippen molar-refractivity contribution in [1.29, 1.82) is 0 Å². The first kappa shape index (κ1) is 22.6. The van der Waals surface area contributed by atoms with Crippen molar-refractivity contribution in [3.63, 3.8) is 0 Å². The molecule has 1 unspecified atom stereocenters. The van der Waals surface area contributed by atoms with Gasteiger partial charge in [-0.1, -0.05) is 35.9 Å². The summed E-state index contributed by atoms with van der Waals surface area (Å²) >= 11 is 5.97. The van der Waals surface area contributed by atoms with Crippen LogP contribution < -0.4 is 10.1 Å². The van der Waals surface area contributed by atoms with Crippen LogP contribution in [0.25, 0.3) is 0 Å². The summed E-state index contributed by atoms with van der Waals surface area (Å²) in [5.41, 5.74) is 1.61. The number of halogens is 1. The summed E-state index contributed by atoms with van der Waals surface area (Å²) < 4.78 is 32.5. The summed E-state index contributed by atoms with van der Waals surface area (Å²) in [6.45, 7) is 3.58. The molecule has 8 heteroatoms. The minimum atomic E-state index is -3.52. The molecule has 1 atom stereocenters. The number of rotatable bonds is 8. The summed E-state index contributed by atoms with van der Waals surface area (Å²) in [6, 6.07) is 14.4. The molecule has 1 fully saturated rings. The molecule has 0 saturated carbocycles. The first-order valence-corrected chi connectivity index (χ1v) is 12.1. The fourth-order valence-corrected chi connectivity index (χ4v) is 5.35. The molecule has 0 radical (unpaired) electrons. The summed E-state index contributed by atoms with van der Waals surface area (Å²) in [6.07, 6.45) is 1.34. The van der Waals surface area contributed by atoms with Gasteiger partial charge < -0.3 is 10.1 Å². The number of sulfonamides is 1. The van der Waals surface area contributed by atoms with E-state index in [1.807, 2.05) is 31.2 Å². The Morgan fingerprint density at radius 2 is 1.97 bits per heavy atom. The number of ether oxygens (including phenoxy) is 1. The van der Waals surface area contributed by atoms with Crippen molar-refractivity contribution < 1.29 is 17.9 Å². The van der Waals surface area contributed by atoms with Crippen molar-refractivity contribution in [3.05, 3.63) is 64.7 Å². The monoisotopic (exact) mass is 450 g/mol. The SMILES string of the molecule is CCOc1ccc(CNC(=O)C2CCCN(S(=O)(=O)Cc3cccc(Cl)c3)C2)cc1. The Morgan fingerprint density at radius 1 is 1.20 bits per heavy atom. The lowest BCUT2D eigenvalue weighted by Gasteiger charge is -2.31. The largest absolute Gasteiger partial charge is 0.494 e. The van der Waals surface area contributed by atoms with Crippen LogP contribution in [0, 0.1) is 5.92 Å². The third-order valence-electron chi connectivity index (χ3n) is 5.09. The molecule has 2 aromatic rings. The Morgan fingerprint density at radius 3 is 2.67 bits per heavy atom. The standard InChI is InChI=1S/C22H27ClN2O4S/c1-2-29-21-10-8-17(9-11-21)14-24-22(26)19-6-4-12-25(15-19)30(27,28)16-18-5-3-7-20(23)13-18/h3,5,7-11,13,19H,2,4,6,12,14-16H2,1H3,(H,24,26). The van der Waals surface area contributed by atoms with Gasteiger partial charge in [-0.05, 0) is 55.2 Å². The van der Waals surface area contributed by atoms with Gasteiger partial charge in [0.15, 0.2) is 0 Å². The van der Waals surface area contributed by atoms with Gasteiger partial charge in [-0.25, -0.2) is 12.7 Å². The Kier molecular flexibility index (Phi) is 7.75. The van der Waals surface area contributed by atoms with Gasteiger partial charge in [-0.15, -0.1) is 0 Å². The van der Waals surface area contributed by atoms with Gasteiger partial charge >= 0.3 is 0 Å². The molecular formula is C22H27ClN2O4S. The van der Waals surface area contributed by atoms with Crippen LogP contribution >= 0.6 is 11.6 Å². The average Bonchev–Trinajstić information content (AvgIpc) is 2.73. The van der Waals surface area contributed by atoms with E-state index in [-0.39, 0.29) is 24.1 Å². The number of benzene rings is 2. The van der Waals surface area contributed by atoms with Crippen LogP contribution in [0.1, 0.15) is 30.9 Å². The summed E-state index contributed by atoms with van der Waals surface area (Å²) in [5, 5.41) is 3.44. The maximum Gasteiger partial charge on any atom is 0.224 e. The van der Waals surface area contributed by atoms with Crippen molar-refractivity contribution in [2.45, 2.75) is 32.1 Å². The number of hydrogen-bond acceptors (Lipinski definition) is 4. The van der Waals surface area contributed by atoms with Crippen molar-refractivity contribution in [2.75, 3.05) is 19.7 Å². The molecule has 1 heterocycles. The molecule has 1 amide bonds. The topological polar surface area (TPSA) is 75.7 Å². The Hall–Kier alpha value is -2.09. The van der Waals surface area contributed by atoms with E-state index in [4.69, 9.17) is 16.3 Å². The molecule has 6 nitrogen and oxygen atoms in total. The molecule has 1 N–H and O–H groups in total. The molecular weight excluding hydrogens is 424 g/mol. The normalized spacial score (nSPS) is 17.5. The van der Waals surface area contributed by atoms with Gasteiger partial charge in [-0.2, -0.15) is 0 Å². The first-order valence-electron chi connectivity index (χ1n) is 10.1. The lowest BCUT2D eigenvalue weighted by atomic mass is 9.99. The predicted molar refractivity (Wildman–Crippen MR) is 118 cm³/mol. The zero-order valence-corrected chi connectivity index (χ0v) is 18.6. The van der Waals surface area contributed by atoms with E-state index in [2.05, 4.69) is 5.32 Å². The molecule has 1 saturated heterocycles. The minimum absolute atomic E-state index is 0.117. The molecule has 0 spiro atoms. The predicted octanol–water partition coefficient (Wildman–Crippen LogP) is 3.60. The maximum absolute atomic E-state index is 12.8. The summed E-state index contributed by atoms with van der Waals surface area (Å²) in [5.74, 6) is 0.205. The van der Waals surface area contributed by atoms with Crippen molar-refractivity contribution in [3.8, 4) is 5.75 Å². The van der Waals surface area contributed by atoms with Crippen LogP contribution in [-0.2, 0) is 27.1 Å². The highest BCUT2D eigenvalue weighted by Crippen LogP contribution is 2.23. The number of nitrogens with zero attached hydrogens (tertiary/aromatic N) is 1. The van der Waals surface area contributed by atoms with Crippen LogP contribution in [0.4, 0.5) is 0 Å². The van der Waals surface area contributed by atoms with E-state index in [0.29, 0.717) is 43.1 Å². The Balaban J connectivity index is 1.56. The van der Waals surface area contributed by atoms with Gasteiger partial charge in [0.2, 0.25) is 15.9 Å². The number of carbonyl (C=O) groups is 1. The zero-order valence-electron chi connectivity index (χ0n) is 17.0. The van der Waals surface area contributed by atoms with Crippen molar-refractivity contribution >= 4 is 27.5 Å². The number of piperidine rings is 1. The third kappa shape index (κ3) is 6.20. The van der Waals surface area contributed by atoms with Crippen LogP contribution in [-0.4, -0.2) is 38.3 Å². The second-order valence-electron chi connectivity index (χ2n) is 7.38. The second-order valence-corrected chi connectivity index (χ2v) is 9.78. The van der Waals surface area contributed by atoms with Gasteiger partial charge in [0.05, 0.1) is 18.3 Å². The van der Waals surface area contributed by atoms with E-state index in [9.17, 15) is 13.2 Å². The van der Waals surface area contributed by atoms with Crippen LogP contribution in [0.5, 0.6) is 5.75 Å². The highest BCUT2D eigenvalue weighted by molar-refractivity contribution is 7.88. The molecule has 162 valence electrons. The zero-order chi connectivity index (χ0) is 21.6. The third-order valence-corrected chi connectivity index (χ3v) is 7.14. The lowest BCUT2D eigenvalue weighted by molar-refractivity contribution is -0.126. The average molecular weight is 451 g/mol. The molecule has 2 aromatic carbocycles. The van der Waals surface area contributed by atoms with Gasteiger partial charge in [0.25, 0.3) is 0 Å². The van der Waals surface area contributed by atoms with E-state index < -0.39 is 10.0 Å². The number of hydrogen-bond donors (Lipinski definition) is 1. The quantitative estimate of drug-likeness (QED) is 0.666. The molecule has 30 heavy (non-hydrogen) atoms. The molecule has 1 aliphatic heterocycles. The van der Waals surface area contributed by atoms with E-state index >= 15 is 0 Å². The molecule has 0 aliphatic carbocycles. The Labute approximate surface area is 183 Å². The van der Waals surface area contributed by atoms with E-state index in [1.165, 1.54) is 4.31 Å². The fraction of sp³-hybridized carbons (Fsp3) is 0.409. The van der Waals surface area contributed by atoms with Crippen LogP contribution in [0.2, 0.25) is 5.02 Å². The van der Waals surface area contributed by atoms with Gasteiger partial charge in [0.1, 0.15) is 5.75 Å². The van der Waals surface area contributed by atoms with Crippen molar-refractivity contribution in [1.82, 2.24) is 9.62 Å². The lowest BCUT2D eigenvalue weighted by Crippen LogP contribution is -2.45. The molecule has 3 rings (SSSR count). The van der Waals surface area contributed by atoms with Gasteiger partial charge in [-0.3, -0.25) is 4.79 Å². The van der Waals surface area contributed by atoms with Gasteiger partial charge in [0, 0.05) is 24.7 Å². The van der Waals surface area contributed by atoms with E-state index in [1.54, 1.807) is 24.3 Å². The fourth-order valence-electron chi connectivity index (χ4n) is 3.54. The first-order chi connectivity index (χ1) is 14.4. The maximum atomic E-state index is 12.8. The molecule has 1 aliphatic rings. The summed E-state index contributed by atoms with van der Waals surface area (Å²) in [4.78, 5) is 12.6. The highest BCUT2D eigenvalue weighted by atomic mass is 35.5. The second kappa shape index (κ2) is 10.3. The van der Waals surface area contributed by atoms with E-state index in [0.717, 1.165) is 11.3 Å². The highest BCUT2D eigenvalue weighted by Gasteiger charge is 2.32. The molecule has 0 bridgehead atoms. The smallest absolute Gasteiger partial charge is 0.224 e. The number of nitrogens with one attached hydrogen (secondary N) is 1. The Bertz CT molecular complexity index is 963. The van der Waals surface area contributed by atoms with Crippen LogP contribution in [0.3, 0.4) is 0 Å². The van der Waals surface area contributed by atoms with Crippen molar-refractivity contribution in [2.24, 2.45) is 5.92 Å². The number of carbonyl (C=O) groups excluding carboxylic acids is 1. The van der Waals surface area contributed by atoms with Crippen LogP contribution in [0.15, 0.2) is 48.5 Å². The summed E-state index contributed by atoms with van der Waals surface area (Å²) in [7, 11) is -3.52.